The molecule has 3 heteroatoms. The van der Waals surface area contributed by atoms with Crippen LogP contribution in [0.2, 0.25) is 0 Å². The van der Waals surface area contributed by atoms with E-state index in [1.165, 1.54) is 21.6 Å². The molecular weight excluding hydrogens is 304 g/mol. The smallest absolute Gasteiger partial charge is 0.118 e. The molecule has 0 bridgehead atoms. The van der Waals surface area contributed by atoms with Crippen molar-refractivity contribution in [2.75, 3.05) is 26.6 Å². The van der Waals surface area contributed by atoms with E-state index in [2.05, 4.69) is 48.7 Å². The zero-order chi connectivity index (χ0) is 16.5. The summed E-state index contributed by atoms with van der Waals surface area (Å²) in [6.07, 6.45) is 5.29. The van der Waals surface area contributed by atoms with Gasteiger partial charge in [0.1, 0.15) is 5.75 Å². The normalized spacial score (nSPS) is 11.5. The lowest BCUT2D eigenvalue weighted by molar-refractivity contribution is 0.152. The maximum Gasteiger partial charge on any atom is 0.118 e. The molecule has 0 radical (unpaired) electrons. The number of hydrogen-bond donors (Lipinski definition) is 0. The third-order valence-electron chi connectivity index (χ3n) is 3.61. The molecule has 0 unspecified atom stereocenters. The molecule has 0 saturated carbocycles. The van der Waals surface area contributed by atoms with Crippen LogP contribution in [0.5, 0.6) is 5.75 Å². The van der Waals surface area contributed by atoms with Crippen molar-refractivity contribution in [3.05, 3.63) is 65.7 Å². The van der Waals surface area contributed by atoms with E-state index >= 15 is 0 Å². The minimum Gasteiger partial charge on any atom is -0.497 e. The Kier molecular flexibility index (Phi) is 7.24. The maximum atomic E-state index is 5.48. The fourth-order valence-electron chi connectivity index (χ4n) is 2.45. The van der Waals surface area contributed by atoms with Gasteiger partial charge < -0.3 is 9.47 Å². The molecule has 2 aromatic rings. The van der Waals surface area contributed by atoms with Crippen LogP contribution in [0.3, 0.4) is 0 Å². The van der Waals surface area contributed by atoms with Crippen molar-refractivity contribution in [3.8, 4) is 5.75 Å². The maximum absolute atomic E-state index is 5.48. The van der Waals surface area contributed by atoms with Gasteiger partial charge in [-0.25, -0.2) is 0 Å². The number of benzene rings is 2. The first-order valence-corrected chi connectivity index (χ1v) is 9.08. The Bertz CT molecular complexity index is 632. The molecule has 23 heavy (non-hydrogen) atoms. The molecule has 0 heterocycles. The number of methoxy groups -OCH3 is 1. The second-order valence-corrected chi connectivity index (χ2v) is 5.88. The van der Waals surface area contributed by atoms with Crippen LogP contribution in [0.25, 0.3) is 5.57 Å². The number of thioether (sulfide) groups is 1. The summed E-state index contributed by atoms with van der Waals surface area (Å²) in [5.74, 6) is 0.876. The van der Waals surface area contributed by atoms with Gasteiger partial charge in [0, 0.05) is 11.5 Å². The SMILES string of the molecule is CCOCC/C=C(/c1ccc(OC)cc1)c1ccccc1SC. The van der Waals surface area contributed by atoms with Crippen LogP contribution in [0.1, 0.15) is 24.5 Å². The zero-order valence-electron chi connectivity index (χ0n) is 14.0. The summed E-state index contributed by atoms with van der Waals surface area (Å²) >= 11 is 1.77. The quantitative estimate of drug-likeness (QED) is 0.485. The largest absolute Gasteiger partial charge is 0.497 e. The van der Waals surface area contributed by atoms with Crippen molar-refractivity contribution in [1.82, 2.24) is 0 Å². The highest BCUT2D eigenvalue weighted by molar-refractivity contribution is 7.98. The fraction of sp³-hybridized carbons (Fsp3) is 0.300. The van der Waals surface area contributed by atoms with Crippen molar-refractivity contribution in [3.63, 3.8) is 0 Å². The Morgan fingerprint density at radius 2 is 1.83 bits per heavy atom. The van der Waals surface area contributed by atoms with Crippen molar-refractivity contribution in [2.45, 2.75) is 18.2 Å². The predicted molar refractivity (Wildman–Crippen MR) is 99.4 cm³/mol. The molecule has 0 saturated heterocycles. The second-order valence-electron chi connectivity index (χ2n) is 5.03. The molecule has 0 aliphatic carbocycles. The molecule has 0 amide bonds. The molecule has 0 aromatic heterocycles. The van der Waals surface area contributed by atoms with Crippen LogP contribution in [0, 0.1) is 0 Å². The Morgan fingerprint density at radius 1 is 1.09 bits per heavy atom. The first-order valence-electron chi connectivity index (χ1n) is 7.85. The summed E-state index contributed by atoms with van der Waals surface area (Å²) in [6, 6.07) is 16.8. The summed E-state index contributed by atoms with van der Waals surface area (Å²) in [5.41, 5.74) is 3.71. The van der Waals surface area contributed by atoms with Gasteiger partial charge in [0.2, 0.25) is 0 Å². The Labute approximate surface area is 143 Å². The summed E-state index contributed by atoms with van der Waals surface area (Å²) in [4.78, 5) is 1.28. The number of ether oxygens (including phenoxy) is 2. The van der Waals surface area contributed by atoms with E-state index in [-0.39, 0.29) is 0 Å². The second kappa shape index (κ2) is 9.43. The first-order chi connectivity index (χ1) is 11.3. The van der Waals surface area contributed by atoms with Gasteiger partial charge >= 0.3 is 0 Å². The van der Waals surface area contributed by atoms with Gasteiger partial charge in [0.25, 0.3) is 0 Å². The third kappa shape index (κ3) is 4.88. The fourth-order valence-corrected chi connectivity index (χ4v) is 3.06. The summed E-state index contributed by atoms with van der Waals surface area (Å²) in [5, 5.41) is 0. The van der Waals surface area contributed by atoms with Crippen LogP contribution in [0.4, 0.5) is 0 Å². The zero-order valence-corrected chi connectivity index (χ0v) is 14.9. The Hall–Kier alpha value is -1.71. The summed E-state index contributed by atoms with van der Waals surface area (Å²) in [6.45, 7) is 3.53. The lowest BCUT2D eigenvalue weighted by atomic mass is 9.96. The van der Waals surface area contributed by atoms with Gasteiger partial charge in [-0.15, -0.1) is 11.8 Å². The van der Waals surface area contributed by atoms with Crippen molar-refractivity contribution >= 4 is 17.3 Å². The van der Waals surface area contributed by atoms with Gasteiger partial charge in [-0.1, -0.05) is 36.4 Å². The van der Waals surface area contributed by atoms with Crippen LogP contribution in [0.15, 0.2) is 59.5 Å². The van der Waals surface area contributed by atoms with Crippen molar-refractivity contribution in [2.24, 2.45) is 0 Å². The minimum atomic E-state index is 0.748. The highest BCUT2D eigenvalue weighted by Crippen LogP contribution is 2.32. The standard InChI is InChI=1S/C20H24O2S/c1-4-22-15-7-9-18(16-11-13-17(21-2)14-12-16)19-8-5-6-10-20(19)23-3/h5-6,8-14H,4,7,15H2,1-3H3/b18-9-. The van der Waals surface area contributed by atoms with Crippen LogP contribution >= 0.6 is 11.8 Å². The van der Waals surface area contributed by atoms with Crippen LogP contribution < -0.4 is 4.74 Å². The molecule has 122 valence electrons. The van der Waals surface area contributed by atoms with E-state index in [9.17, 15) is 0 Å². The molecule has 0 aliphatic rings. The molecule has 0 atom stereocenters. The van der Waals surface area contributed by atoms with E-state index in [4.69, 9.17) is 9.47 Å². The Balaban J connectivity index is 2.38. The Morgan fingerprint density at radius 3 is 2.48 bits per heavy atom. The number of hydrogen-bond acceptors (Lipinski definition) is 3. The summed E-state index contributed by atoms with van der Waals surface area (Å²) < 4.78 is 10.7. The van der Waals surface area contributed by atoms with Crippen LogP contribution in [-0.2, 0) is 4.74 Å². The summed E-state index contributed by atoms with van der Waals surface area (Å²) in [7, 11) is 1.69. The van der Waals surface area contributed by atoms with Gasteiger partial charge in [-0.2, -0.15) is 0 Å². The lowest BCUT2D eigenvalue weighted by Crippen LogP contribution is -1.95. The molecule has 0 N–H and O–H groups in total. The van der Waals surface area contributed by atoms with Crippen molar-refractivity contribution in [1.29, 1.82) is 0 Å². The van der Waals surface area contributed by atoms with Crippen molar-refractivity contribution < 1.29 is 9.47 Å². The van der Waals surface area contributed by atoms with E-state index in [1.54, 1.807) is 18.9 Å². The van der Waals surface area contributed by atoms with Crippen LogP contribution in [-0.4, -0.2) is 26.6 Å². The average molecular weight is 328 g/mol. The third-order valence-corrected chi connectivity index (χ3v) is 4.41. The van der Waals surface area contributed by atoms with E-state index in [0.29, 0.717) is 0 Å². The first kappa shape index (κ1) is 17.6. The monoisotopic (exact) mass is 328 g/mol. The van der Waals surface area contributed by atoms with Gasteiger partial charge in [0.15, 0.2) is 0 Å². The predicted octanol–water partition coefficient (Wildman–Crippen LogP) is 5.28. The molecule has 0 aliphatic heterocycles. The lowest BCUT2D eigenvalue weighted by Gasteiger charge is -2.13. The van der Waals surface area contributed by atoms with Gasteiger partial charge in [-0.3, -0.25) is 0 Å². The molecule has 0 spiro atoms. The van der Waals surface area contributed by atoms with E-state index in [0.717, 1.165) is 25.4 Å². The van der Waals surface area contributed by atoms with Gasteiger partial charge in [0.05, 0.1) is 13.7 Å². The molecular formula is C20H24O2S. The topological polar surface area (TPSA) is 18.5 Å². The highest BCUT2D eigenvalue weighted by Gasteiger charge is 2.09. The average Bonchev–Trinajstić information content (AvgIpc) is 2.62. The molecule has 2 nitrogen and oxygen atoms in total. The minimum absolute atomic E-state index is 0.748. The highest BCUT2D eigenvalue weighted by atomic mass is 32.2. The molecule has 2 rings (SSSR count). The van der Waals surface area contributed by atoms with E-state index < -0.39 is 0 Å². The van der Waals surface area contributed by atoms with Gasteiger partial charge in [-0.05, 0) is 54.5 Å². The molecule has 2 aromatic carbocycles. The molecule has 0 fully saturated rings. The number of rotatable bonds is 8. The van der Waals surface area contributed by atoms with E-state index in [1.807, 2.05) is 19.1 Å².